The maximum atomic E-state index is 11.9. The molecule has 1 aromatic carbocycles. The van der Waals surface area contributed by atoms with Gasteiger partial charge in [-0.25, -0.2) is 13.1 Å². The van der Waals surface area contributed by atoms with E-state index in [2.05, 4.69) is 0 Å². The van der Waals surface area contributed by atoms with E-state index in [9.17, 15) is 21.6 Å². The summed E-state index contributed by atoms with van der Waals surface area (Å²) < 4.78 is 60.7. The molecule has 0 saturated carbocycles. The molecule has 0 radical (unpaired) electrons. The van der Waals surface area contributed by atoms with Crippen LogP contribution in [-0.2, 0) is 22.3 Å². The number of hydrogen-bond donors (Lipinski definition) is 2. The first kappa shape index (κ1) is 15.9. The molecule has 1 rings (SSSR count). The number of nitrogens with one attached hydrogen (secondary N) is 1. The van der Waals surface area contributed by atoms with E-state index in [4.69, 9.17) is 5.73 Å². The second-order valence-corrected chi connectivity index (χ2v) is 5.85. The van der Waals surface area contributed by atoms with Crippen molar-refractivity contribution >= 4 is 10.0 Å². The van der Waals surface area contributed by atoms with Crippen LogP contribution in [0.5, 0.6) is 0 Å². The molecule has 0 spiro atoms. The monoisotopic (exact) mass is 296 g/mol. The van der Waals surface area contributed by atoms with Crippen LogP contribution in [0, 0.1) is 0 Å². The molecule has 0 amide bonds. The fourth-order valence-corrected chi connectivity index (χ4v) is 2.54. The molecule has 19 heavy (non-hydrogen) atoms. The van der Waals surface area contributed by atoms with E-state index in [0.717, 1.165) is 5.56 Å². The first-order chi connectivity index (χ1) is 8.72. The number of rotatable bonds is 6. The average molecular weight is 296 g/mol. The smallest absolute Gasteiger partial charge is 0.326 e. The highest BCUT2D eigenvalue weighted by molar-refractivity contribution is 7.88. The molecule has 8 heteroatoms. The van der Waals surface area contributed by atoms with Crippen LogP contribution in [0.2, 0.25) is 0 Å². The van der Waals surface area contributed by atoms with E-state index >= 15 is 0 Å². The molecule has 4 nitrogen and oxygen atoms in total. The lowest BCUT2D eigenvalue weighted by Crippen LogP contribution is -2.29. The molecule has 1 aromatic rings. The average Bonchev–Trinajstić information content (AvgIpc) is 2.27. The molecule has 0 unspecified atom stereocenters. The summed E-state index contributed by atoms with van der Waals surface area (Å²) in [5, 5.41) is 0. The van der Waals surface area contributed by atoms with Gasteiger partial charge in [0.25, 0.3) is 0 Å². The maximum Gasteiger partial charge on any atom is 0.390 e. The highest BCUT2D eigenvalue weighted by Crippen LogP contribution is 2.18. The van der Waals surface area contributed by atoms with Crippen LogP contribution in [0.3, 0.4) is 0 Å². The first-order valence-corrected chi connectivity index (χ1v) is 7.19. The van der Waals surface area contributed by atoms with E-state index in [0.29, 0.717) is 12.1 Å². The Bertz CT molecular complexity index is 498. The van der Waals surface area contributed by atoms with Gasteiger partial charge in [0.05, 0.1) is 12.2 Å². The molecule has 0 heterocycles. The van der Waals surface area contributed by atoms with Crippen molar-refractivity contribution in [3.63, 3.8) is 0 Å². The summed E-state index contributed by atoms with van der Waals surface area (Å²) in [4.78, 5) is 0. The summed E-state index contributed by atoms with van der Waals surface area (Å²) >= 11 is 0. The third-order valence-electron chi connectivity index (χ3n) is 2.35. The lowest BCUT2D eigenvalue weighted by molar-refractivity contribution is -0.132. The topological polar surface area (TPSA) is 72.2 Å². The quantitative estimate of drug-likeness (QED) is 0.836. The molecule has 0 aliphatic rings. The van der Waals surface area contributed by atoms with E-state index in [-0.39, 0.29) is 5.75 Å². The van der Waals surface area contributed by atoms with E-state index in [1.807, 2.05) is 4.72 Å². The molecular formula is C11H15F3N2O2S. The molecule has 0 saturated heterocycles. The highest BCUT2D eigenvalue weighted by Gasteiger charge is 2.27. The predicted molar refractivity (Wildman–Crippen MR) is 65.6 cm³/mol. The Labute approximate surface area is 109 Å². The number of alkyl halides is 3. The van der Waals surface area contributed by atoms with Crippen LogP contribution in [0.4, 0.5) is 13.2 Å². The number of sulfonamides is 1. The van der Waals surface area contributed by atoms with Gasteiger partial charge in [0.15, 0.2) is 0 Å². The van der Waals surface area contributed by atoms with Gasteiger partial charge in [-0.05, 0) is 11.1 Å². The second kappa shape index (κ2) is 6.36. The Balaban J connectivity index is 2.54. The number of nitrogens with two attached hydrogens (primary N) is 1. The summed E-state index contributed by atoms with van der Waals surface area (Å²) in [6.45, 7) is -0.302. The molecule has 0 fully saturated rings. The second-order valence-electron chi connectivity index (χ2n) is 4.04. The standard InChI is InChI=1S/C11H15F3N2O2S/c12-11(13,14)5-6-16-19(17,18)8-10-3-1-9(7-15)2-4-10/h1-4,16H,5-8,15H2. The van der Waals surface area contributed by atoms with Crippen molar-refractivity contribution in [2.75, 3.05) is 6.54 Å². The molecule has 0 aliphatic carbocycles. The molecule has 3 N–H and O–H groups in total. The van der Waals surface area contributed by atoms with Crippen molar-refractivity contribution in [2.24, 2.45) is 5.73 Å². The van der Waals surface area contributed by atoms with Crippen LogP contribution >= 0.6 is 0 Å². The SMILES string of the molecule is NCc1ccc(CS(=O)(=O)NCCC(F)(F)F)cc1. The van der Waals surface area contributed by atoms with E-state index < -0.39 is 29.2 Å². The zero-order chi connectivity index (χ0) is 14.5. The van der Waals surface area contributed by atoms with Gasteiger partial charge in [0.1, 0.15) is 0 Å². The van der Waals surface area contributed by atoms with E-state index in [1.165, 1.54) is 0 Å². The van der Waals surface area contributed by atoms with Crippen molar-refractivity contribution in [1.29, 1.82) is 0 Å². The lowest BCUT2D eigenvalue weighted by atomic mass is 10.1. The molecule has 0 atom stereocenters. The Morgan fingerprint density at radius 3 is 2.11 bits per heavy atom. The number of halogens is 3. The molecular weight excluding hydrogens is 281 g/mol. The van der Waals surface area contributed by atoms with Crippen molar-refractivity contribution in [2.45, 2.75) is 24.9 Å². The minimum atomic E-state index is -4.37. The third-order valence-corrected chi connectivity index (χ3v) is 3.70. The largest absolute Gasteiger partial charge is 0.390 e. The molecule has 0 aliphatic heterocycles. The van der Waals surface area contributed by atoms with Crippen molar-refractivity contribution in [1.82, 2.24) is 4.72 Å². The van der Waals surface area contributed by atoms with Crippen LogP contribution in [0.1, 0.15) is 17.5 Å². The Hall–Kier alpha value is -1.12. The van der Waals surface area contributed by atoms with Crippen molar-refractivity contribution < 1.29 is 21.6 Å². The van der Waals surface area contributed by atoms with Crippen molar-refractivity contribution in [3.8, 4) is 0 Å². The lowest BCUT2D eigenvalue weighted by Gasteiger charge is -2.09. The van der Waals surface area contributed by atoms with Gasteiger partial charge in [-0.2, -0.15) is 13.2 Å². The van der Waals surface area contributed by atoms with Crippen LogP contribution in [-0.4, -0.2) is 21.1 Å². The minimum absolute atomic E-state index is 0.344. The van der Waals surface area contributed by atoms with Crippen LogP contribution in [0.25, 0.3) is 0 Å². The Morgan fingerprint density at radius 1 is 1.11 bits per heavy atom. The van der Waals surface area contributed by atoms with Gasteiger partial charge in [-0.3, -0.25) is 0 Å². The first-order valence-electron chi connectivity index (χ1n) is 5.54. The fourth-order valence-electron chi connectivity index (χ4n) is 1.39. The van der Waals surface area contributed by atoms with Crippen LogP contribution < -0.4 is 10.5 Å². The van der Waals surface area contributed by atoms with Gasteiger partial charge >= 0.3 is 6.18 Å². The third kappa shape index (κ3) is 6.55. The normalized spacial score (nSPS) is 12.6. The molecule has 0 aromatic heterocycles. The Morgan fingerprint density at radius 2 is 1.63 bits per heavy atom. The van der Waals surface area contributed by atoms with Gasteiger partial charge in [0, 0.05) is 13.1 Å². The summed E-state index contributed by atoms with van der Waals surface area (Å²) in [6, 6.07) is 6.54. The minimum Gasteiger partial charge on any atom is -0.326 e. The number of hydrogen-bond acceptors (Lipinski definition) is 3. The fraction of sp³-hybridized carbons (Fsp3) is 0.455. The van der Waals surface area contributed by atoms with Crippen LogP contribution in [0.15, 0.2) is 24.3 Å². The maximum absolute atomic E-state index is 11.9. The van der Waals surface area contributed by atoms with E-state index in [1.54, 1.807) is 24.3 Å². The summed E-state index contributed by atoms with van der Waals surface area (Å²) in [5.74, 6) is -0.351. The molecule has 0 bridgehead atoms. The molecule has 108 valence electrons. The highest BCUT2D eigenvalue weighted by atomic mass is 32.2. The zero-order valence-electron chi connectivity index (χ0n) is 10.1. The Kier molecular flexibility index (Phi) is 5.33. The summed E-state index contributed by atoms with van der Waals surface area (Å²) in [5.41, 5.74) is 6.75. The predicted octanol–water partition coefficient (Wildman–Crippen LogP) is 1.52. The van der Waals surface area contributed by atoms with Gasteiger partial charge in [-0.15, -0.1) is 0 Å². The van der Waals surface area contributed by atoms with Gasteiger partial charge in [-0.1, -0.05) is 24.3 Å². The van der Waals surface area contributed by atoms with Crippen molar-refractivity contribution in [3.05, 3.63) is 35.4 Å². The van der Waals surface area contributed by atoms with Gasteiger partial charge in [0.2, 0.25) is 10.0 Å². The summed E-state index contributed by atoms with van der Waals surface area (Å²) in [6.07, 6.45) is -5.55. The summed E-state index contributed by atoms with van der Waals surface area (Å²) in [7, 11) is -3.76. The number of benzene rings is 1. The zero-order valence-corrected chi connectivity index (χ0v) is 10.9. The van der Waals surface area contributed by atoms with Gasteiger partial charge < -0.3 is 5.73 Å².